The van der Waals surface area contributed by atoms with Gasteiger partial charge in [0.05, 0.1) is 18.8 Å². The van der Waals surface area contributed by atoms with E-state index in [1.807, 2.05) is 0 Å². The molecule has 2 nitrogen and oxygen atoms in total. The van der Waals surface area contributed by atoms with E-state index in [4.69, 9.17) is 4.74 Å². The van der Waals surface area contributed by atoms with Crippen LogP contribution in [0.3, 0.4) is 0 Å². The molecule has 0 spiro atoms. The summed E-state index contributed by atoms with van der Waals surface area (Å²) in [5.74, 6) is 0.911. The molecule has 0 amide bonds. The molecule has 1 N–H and O–H groups in total. The highest BCUT2D eigenvalue weighted by Gasteiger charge is 2.59. The fraction of sp³-hybridized carbons (Fsp3) is 0.900. The quantitative estimate of drug-likeness (QED) is 0.405. The summed E-state index contributed by atoms with van der Waals surface area (Å²) in [7, 11) is 0. The monoisotopic (exact) mass is 382 g/mol. The third-order valence-electron chi connectivity index (χ3n) is 7.98. The maximum atomic E-state index is 11.0. The molecule has 3 heteroatoms. The Kier molecular flexibility index (Phi) is 3.67. The highest BCUT2D eigenvalue weighted by molar-refractivity contribution is 9.09. The van der Waals surface area contributed by atoms with Gasteiger partial charge in [0.15, 0.2) is 0 Å². The Morgan fingerprint density at radius 1 is 1.26 bits per heavy atom. The highest BCUT2D eigenvalue weighted by atomic mass is 79.9. The van der Waals surface area contributed by atoms with Crippen LogP contribution in [0, 0.1) is 28.1 Å². The summed E-state index contributed by atoms with van der Waals surface area (Å²) in [6.45, 7) is 10.6. The van der Waals surface area contributed by atoms with Gasteiger partial charge in [-0.15, -0.1) is 0 Å². The number of hydrogen-bond donors (Lipinski definition) is 1. The van der Waals surface area contributed by atoms with Gasteiger partial charge >= 0.3 is 0 Å². The van der Waals surface area contributed by atoms with E-state index in [9.17, 15) is 5.11 Å². The first-order chi connectivity index (χ1) is 10.7. The van der Waals surface area contributed by atoms with Crippen molar-refractivity contribution in [3.05, 3.63) is 11.6 Å². The second-order valence-corrected chi connectivity index (χ2v) is 10.9. The normalized spacial score (nSPS) is 54.7. The van der Waals surface area contributed by atoms with Crippen molar-refractivity contribution in [3.8, 4) is 0 Å². The van der Waals surface area contributed by atoms with Crippen LogP contribution in [0.1, 0.15) is 59.8 Å². The van der Waals surface area contributed by atoms with Crippen molar-refractivity contribution in [2.75, 3.05) is 6.61 Å². The van der Waals surface area contributed by atoms with Crippen LogP contribution in [0.25, 0.3) is 0 Å². The molecule has 0 aromatic carbocycles. The van der Waals surface area contributed by atoms with Gasteiger partial charge in [-0.05, 0) is 48.9 Å². The molecule has 1 saturated heterocycles. The van der Waals surface area contributed by atoms with Crippen LogP contribution < -0.4 is 0 Å². The molecule has 0 aromatic rings. The van der Waals surface area contributed by atoms with Gasteiger partial charge in [-0.2, -0.15) is 0 Å². The van der Waals surface area contributed by atoms with E-state index in [0.717, 1.165) is 25.9 Å². The SMILES string of the molecule is CC1(C)[C@@H](Br)CC[C@]2(C)C3=CC[C@@](C)(C4CO4)C[C@@H]3[C@@H](O)C[C@@H]12. The van der Waals surface area contributed by atoms with Crippen molar-refractivity contribution in [2.24, 2.45) is 28.1 Å². The van der Waals surface area contributed by atoms with Gasteiger partial charge in [-0.3, -0.25) is 0 Å². The van der Waals surface area contributed by atoms with Crippen LogP contribution in [0.4, 0.5) is 0 Å². The summed E-state index contributed by atoms with van der Waals surface area (Å²) >= 11 is 3.93. The molecular formula is C20H31BrO2. The Bertz CT molecular complexity index is 538. The van der Waals surface area contributed by atoms with E-state index in [1.165, 1.54) is 12.8 Å². The summed E-state index contributed by atoms with van der Waals surface area (Å²) in [6.07, 6.45) is 8.42. The van der Waals surface area contributed by atoms with Crippen LogP contribution >= 0.6 is 15.9 Å². The Labute approximate surface area is 149 Å². The Balaban J connectivity index is 1.71. The minimum atomic E-state index is -0.185. The second kappa shape index (κ2) is 5.08. The molecule has 0 aromatic heterocycles. The van der Waals surface area contributed by atoms with Gasteiger partial charge in [0, 0.05) is 16.2 Å². The number of rotatable bonds is 1. The van der Waals surface area contributed by atoms with Crippen molar-refractivity contribution in [2.45, 2.75) is 76.8 Å². The van der Waals surface area contributed by atoms with Crippen molar-refractivity contribution < 1.29 is 9.84 Å². The van der Waals surface area contributed by atoms with Crippen LogP contribution in [0.2, 0.25) is 0 Å². The summed E-state index contributed by atoms with van der Waals surface area (Å²) in [4.78, 5) is 0.561. The molecular weight excluding hydrogens is 352 g/mol. The number of allylic oxidation sites excluding steroid dienone is 1. The van der Waals surface area contributed by atoms with Crippen LogP contribution in [0.15, 0.2) is 11.6 Å². The lowest BCUT2D eigenvalue weighted by molar-refractivity contribution is -0.0703. The summed E-state index contributed by atoms with van der Waals surface area (Å²) in [5, 5.41) is 11.0. The number of fused-ring (bicyclic) bond motifs is 3. The van der Waals surface area contributed by atoms with Crippen LogP contribution in [-0.4, -0.2) is 28.7 Å². The van der Waals surface area contributed by atoms with Crippen molar-refractivity contribution in [1.82, 2.24) is 0 Å². The third-order valence-corrected chi connectivity index (χ3v) is 9.62. The molecule has 3 aliphatic carbocycles. The van der Waals surface area contributed by atoms with Crippen molar-refractivity contribution in [1.29, 1.82) is 0 Å². The molecule has 0 radical (unpaired) electrons. The maximum absolute atomic E-state index is 11.0. The van der Waals surface area contributed by atoms with Crippen LogP contribution in [0.5, 0.6) is 0 Å². The fourth-order valence-electron chi connectivity index (χ4n) is 6.23. The molecule has 0 bridgehead atoms. The van der Waals surface area contributed by atoms with Crippen molar-refractivity contribution >= 4 is 15.9 Å². The van der Waals surface area contributed by atoms with Crippen LogP contribution in [-0.2, 0) is 4.74 Å². The second-order valence-electron chi connectivity index (χ2n) is 9.75. The number of alkyl halides is 1. The summed E-state index contributed by atoms with van der Waals surface area (Å²) in [6, 6.07) is 0. The van der Waals surface area contributed by atoms with Gasteiger partial charge in [0.25, 0.3) is 0 Å². The largest absolute Gasteiger partial charge is 0.392 e. The lowest BCUT2D eigenvalue weighted by Gasteiger charge is -2.61. The van der Waals surface area contributed by atoms with Gasteiger partial charge in [-0.1, -0.05) is 55.3 Å². The number of halogens is 1. The first-order valence-electron chi connectivity index (χ1n) is 9.33. The maximum Gasteiger partial charge on any atom is 0.0866 e. The molecule has 4 aliphatic rings. The number of epoxide rings is 1. The average Bonchev–Trinajstić information content (AvgIpc) is 3.32. The molecule has 23 heavy (non-hydrogen) atoms. The van der Waals surface area contributed by atoms with Gasteiger partial charge in [0.1, 0.15) is 0 Å². The summed E-state index contributed by atoms with van der Waals surface area (Å²) < 4.78 is 5.63. The number of aliphatic hydroxyl groups is 1. The smallest absolute Gasteiger partial charge is 0.0866 e. The van der Waals surface area contributed by atoms with Crippen molar-refractivity contribution in [3.63, 3.8) is 0 Å². The van der Waals surface area contributed by atoms with E-state index in [0.29, 0.717) is 22.8 Å². The predicted octanol–water partition coefficient (Wildman–Crippen LogP) is 4.70. The summed E-state index contributed by atoms with van der Waals surface area (Å²) in [5.41, 5.74) is 2.32. The average molecular weight is 383 g/mol. The van der Waals surface area contributed by atoms with Gasteiger partial charge in [0.2, 0.25) is 0 Å². The molecule has 2 saturated carbocycles. The molecule has 130 valence electrons. The van der Waals surface area contributed by atoms with E-state index in [2.05, 4.69) is 49.7 Å². The third kappa shape index (κ3) is 2.33. The highest BCUT2D eigenvalue weighted by Crippen LogP contribution is 2.65. The molecule has 1 heterocycles. The standard InChI is InChI=1S/C20H31BrO2/c1-18(2)15-9-14(22)12-10-19(3,17-11-23-17)7-5-13(12)20(15,4)8-6-16(18)21/h5,12,14-17,22H,6-11H2,1-4H3/t12-,14-,15-,16-,17?,19+,20+/m0/s1. The Morgan fingerprint density at radius 3 is 2.61 bits per heavy atom. The molecule has 7 atom stereocenters. The number of ether oxygens (including phenoxy) is 1. The minimum absolute atomic E-state index is 0.185. The first-order valence-corrected chi connectivity index (χ1v) is 10.2. The lowest BCUT2D eigenvalue weighted by Crippen LogP contribution is -2.56. The topological polar surface area (TPSA) is 32.8 Å². The predicted molar refractivity (Wildman–Crippen MR) is 96.6 cm³/mol. The zero-order valence-corrected chi connectivity index (χ0v) is 16.5. The molecule has 4 rings (SSSR count). The van der Waals surface area contributed by atoms with E-state index >= 15 is 0 Å². The minimum Gasteiger partial charge on any atom is -0.392 e. The van der Waals surface area contributed by atoms with Gasteiger partial charge < -0.3 is 9.84 Å². The van der Waals surface area contributed by atoms with E-state index in [-0.39, 0.29) is 22.3 Å². The Hall–Kier alpha value is 0.140. The van der Waals surface area contributed by atoms with Gasteiger partial charge in [-0.25, -0.2) is 0 Å². The lowest BCUT2D eigenvalue weighted by atomic mass is 9.45. The fourth-order valence-corrected chi connectivity index (χ4v) is 6.78. The molecule has 1 aliphatic heterocycles. The molecule has 1 unspecified atom stereocenters. The zero-order valence-electron chi connectivity index (χ0n) is 14.9. The molecule has 3 fully saturated rings. The van der Waals surface area contributed by atoms with E-state index in [1.54, 1.807) is 5.57 Å². The first kappa shape index (κ1) is 16.6. The number of aliphatic hydroxyl groups excluding tert-OH is 1. The Morgan fingerprint density at radius 2 is 1.96 bits per heavy atom. The number of hydrogen-bond acceptors (Lipinski definition) is 2. The van der Waals surface area contributed by atoms with E-state index < -0.39 is 0 Å². The zero-order chi connectivity index (χ0) is 16.6.